The number of morpholine rings is 1. The highest BCUT2D eigenvalue weighted by atomic mass is 35.5. The van der Waals surface area contributed by atoms with Gasteiger partial charge in [-0.2, -0.15) is 0 Å². The zero-order chi connectivity index (χ0) is 31.4. The maximum Gasteiger partial charge on any atom is 0.253 e. The lowest BCUT2D eigenvalue weighted by molar-refractivity contribution is -0.119. The Morgan fingerprint density at radius 1 is 1.11 bits per heavy atom. The van der Waals surface area contributed by atoms with E-state index in [2.05, 4.69) is 15.2 Å². The largest absolute Gasteiger partial charge is 0.492 e. The molecular formula is C34H41ClN4O5. The highest BCUT2D eigenvalue weighted by Crippen LogP contribution is 2.38. The van der Waals surface area contributed by atoms with Crippen LogP contribution < -0.4 is 20.5 Å². The number of aromatic nitrogens is 1. The topological polar surface area (TPSA) is 104 Å². The van der Waals surface area contributed by atoms with Gasteiger partial charge in [0.2, 0.25) is 5.91 Å². The molecule has 234 valence electrons. The molecule has 1 aliphatic heterocycles. The number of nitrogens with zero attached hydrogens (tertiary/aromatic N) is 2. The zero-order valence-electron chi connectivity index (χ0n) is 25.9. The van der Waals surface area contributed by atoms with Gasteiger partial charge in [0.1, 0.15) is 12.4 Å². The van der Waals surface area contributed by atoms with Gasteiger partial charge in [0.05, 0.1) is 18.2 Å². The second-order valence-corrected chi connectivity index (χ2v) is 12.0. The summed E-state index contributed by atoms with van der Waals surface area (Å²) in [4.78, 5) is 46.4. The number of hydrogen-bond donors (Lipinski definition) is 2. The van der Waals surface area contributed by atoms with E-state index >= 15 is 0 Å². The fraction of sp³-hybridized carbons (Fsp3) is 0.441. The van der Waals surface area contributed by atoms with Gasteiger partial charge < -0.3 is 24.7 Å². The molecule has 10 heteroatoms. The van der Waals surface area contributed by atoms with Crippen molar-refractivity contribution in [3.05, 3.63) is 79.7 Å². The second-order valence-electron chi connectivity index (χ2n) is 11.6. The lowest BCUT2D eigenvalue weighted by atomic mass is 9.96. The van der Waals surface area contributed by atoms with Crippen LogP contribution in [0.5, 0.6) is 5.75 Å². The molecule has 0 radical (unpaired) electrons. The summed E-state index contributed by atoms with van der Waals surface area (Å²) < 4.78 is 11.4. The number of H-pyrrole nitrogens is 1. The summed E-state index contributed by atoms with van der Waals surface area (Å²) in [5, 5.41) is 3.41. The standard InChI is InChI=1S/C34H41ClN4O5/c1-5-39(34(42)24-6-7-24)31-18-25(27-9-8-26(19-30(27)35)44-15-12-38-10-13-43-14-11-38)17-28(23(31)4)32(40)36-20-29-21(2)16-22(3)37-33(29)41/h8-9,16-19,24H,5-7,10-15,20H2,1-4H3,(H,36,40)(H,37,41). The predicted octanol–water partition coefficient (Wildman–Crippen LogP) is 5.02. The van der Waals surface area contributed by atoms with Gasteiger partial charge in [0.15, 0.2) is 0 Å². The molecule has 44 heavy (non-hydrogen) atoms. The van der Waals surface area contributed by atoms with E-state index < -0.39 is 0 Å². The maximum absolute atomic E-state index is 13.7. The van der Waals surface area contributed by atoms with E-state index in [1.807, 2.05) is 52.0 Å². The molecule has 0 spiro atoms. The van der Waals surface area contributed by atoms with Crippen LogP contribution in [0.25, 0.3) is 11.1 Å². The van der Waals surface area contributed by atoms with Crippen molar-refractivity contribution in [2.45, 2.75) is 47.1 Å². The van der Waals surface area contributed by atoms with Gasteiger partial charge in [-0.15, -0.1) is 0 Å². The molecule has 2 N–H and O–H groups in total. The summed E-state index contributed by atoms with van der Waals surface area (Å²) in [7, 11) is 0. The first-order chi connectivity index (χ1) is 21.2. The van der Waals surface area contributed by atoms with Crippen molar-refractivity contribution in [1.29, 1.82) is 0 Å². The van der Waals surface area contributed by atoms with E-state index in [0.29, 0.717) is 51.9 Å². The minimum Gasteiger partial charge on any atom is -0.492 e. The summed E-state index contributed by atoms with van der Waals surface area (Å²) >= 11 is 6.81. The molecule has 0 atom stereocenters. The number of carbonyl (C=O) groups is 2. The molecule has 2 fully saturated rings. The number of halogens is 1. The summed E-state index contributed by atoms with van der Waals surface area (Å²) in [6, 6.07) is 11.2. The van der Waals surface area contributed by atoms with Gasteiger partial charge in [-0.3, -0.25) is 19.3 Å². The number of rotatable bonds is 11. The van der Waals surface area contributed by atoms with E-state index in [4.69, 9.17) is 21.1 Å². The van der Waals surface area contributed by atoms with Gasteiger partial charge in [-0.25, -0.2) is 0 Å². The average Bonchev–Trinajstić information content (AvgIpc) is 3.84. The van der Waals surface area contributed by atoms with Gasteiger partial charge in [0.25, 0.3) is 11.5 Å². The average molecular weight is 621 g/mol. The van der Waals surface area contributed by atoms with Crippen molar-refractivity contribution in [1.82, 2.24) is 15.2 Å². The molecule has 9 nitrogen and oxygen atoms in total. The van der Waals surface area contributed by atoms with Crippen molar-refractivity contribution in [3.8, 4) is 16.9 Å². The Balaban J connectivity index is 1.43. The van der Waals surface area contributed by atoms with Crippen LogP contribution in [0.4, 0.5) is 5.69 Å². The Hall–Kier alpha value is -3.66. The molecule has 2 heterocycles. The molecule has 0 bridgehead atoms. The summed E-state index contributed by atoms with van der Waals surface area (Å²) in [6.45, 7) is 12.6. The fourth-order valence-corrected chi connectivity index (χ4v) is 5.95. The quantitative estimate of drug-likeness (QED) is 0.312. The molecule has 2 aliphatic rings. The van der Waals surface area contributed by atoms with Gasteiger partial charge in [-0.05, 0) is 93.6 Å². The Labute approximate surface area is 263 Å². The number of carbonyl (C=O) groups excluding carboxylic acids is 2. The van der Waals surface area contributed by atoms with E-state index in [-0.39, 0.29) is 29.8 Å². The van der Waals surface area contributed by atoms with Crippen molar-refractivity contribution in [2.75, 3.05) is 50.9 Å². The predicted molar refractivity (Wildman–Crippen MR) is 173 cm³/mol. The van der Waals surface area contributed by atoms with E-state index in [1.54, 1.807) is 17.0 Å². The third-order valence-electron chi connectivity index (χ3n) is 8.38. The van der Waals surface area contributed by atoms with Crippen LogP contribution in [0.1, 0.15) is 52.5 Å². The van der Waals surface area contributed by atoms with Gasteiger partial charge in [-0.1, -0.05) is 11.6 Å². The summed E-state index contributed by atoms with van der Waals surface area (Å²) in [5.74, 6) is 0.411. The van der Waals surface area contributed by atoms with E-state index in [1.165, 1.54) is 0 Å². The lowest BCUT2D eigenvalue weighted by Crippen LogP contribution is -2.38. The molecule has 0 unspecified atom stereocenters. The normalized spacial score (nSPS) is 15.2. The van der Waals surface area contributed by atoms with Gasteiger partial charge >= 0.3 is 0 Å². The highest BCUT2D eigenvalue weighted by Gasteiger charge is 2.34. The Morgan fingerprint density at radius 2 is 1.86 bits per heavy atom. The second kappa shape index (κ2) is 14.0. The van der Waals surface area contributed by atoms with E-state index in [0.717, 1.165) is 62.5 Å². The molecule has 1 saturated carbocycles. The maximum atomic E-state index is 13.7. The number of hydrogen-bond acceptors (Lipinski definition) is 6. The monoisotopic (exact) mass is 620 g/mol. The Bertz CT molecular complexity index is 1590. The van der Waals surface area contributed by atoms with Crippen LogP contribution in [-0.2, 0) is 16.1 Å². The van der Waals surface area contributed by atoms with Crippen LogP contribution in [0.15, 0.2) is 41.2 Å². The number of ether oxygens (including phenoxy) is 2. The molecule has 1 aliphatic carbocycles. The van der Waals surface area contributed by atoms with Gasteiger partial charge in [0, 0.05) is 66.7 Å². The number of aromatic amines is 1. The van der Waals surface area contributed by atoms with E-state index in [9.17, 15) is 14.4 Å². The molecule has 2 amide bonds. The van der Waals surface area contributed by atoms with Crippen LogP contribution >= 0.6 is 11.6 Å². The first-order valence-electron chi connectivity index (χ1n) is 15.3. The van der Waals surface area contributed by atoms with Crippen molar-refractivity contribution in [2.24, 2.45) is 5.92 Å². The number of nitrogens with one attached hydrogen (secondary N) is 2. The molecule has 3 aromatic rings. The molecule has 2 aromatic carbocycles. The zero-order valence-corrected chi connectivity index (χ0v) is 26.7. The van der Waals surface area contributed by atoms with Crippen molar-refractivity contribution >= 4 is 29.1 Å². The SMILES string of the molecule is CCN(C(=O)C1CC1)c1cc(-c2ccc(OCCN3CCOCC3)cc2Cl)cc(C(=O)NCc2c(C)cc(C)[nH]c2=O)c1C. The third-order valence-corrected chi connectivity index (χ3v) is 8.69. The number of anilines is 1. The summed E-state index contributed by atoms with van der Waals surface area (Å²) in [5.41, 5.74) is 5.08. The van der Waals surface area contributed by atoms with Crippen LogP contribution in [-0.4, -0.2) is 67.7 Å². The third kappa shape index (κ3) is 7.34. The number of benzene rings is 2. The molecular weight excluding hydrogens is 580 g/mol. The highest BCUT2D eigenvalue weighted by molar-refractivity contribution is 6.33. The van der Waals surface area contributed by atoms with Crippen molar-refractivity contribution in [3.63, 3.8) is 0 Å². The Morgan fingerprint density at radius 3 is 2.52 bits per heavy atom. The molecule has 5 rings (SSSR count). The number of pyridine rings is 1. The van der Waals surface area contributed by atoms with Crippen LogP contribution in [0.3, 0.4) is 0 Å². The lowest BCUT2D eigenvalue weighted by Gasteiger charge is -2.26. The molecule has 1 saturated heterocycles. The number of aryl methyl sites for hydroxylation is 2. The number of amides is 2. The minimum absolute atomic E-state index is 0.0176. The van der Waals surface area contributed by atoms with Crippen molar-refractivity contribution < 1.29 is 19.1 Å². The smallest absolute Gasteiger partial charge is 0.253 e. The minimum atomic E-state index is -0.334. The fourth-order valence-electron chi connectivity index (χ4n) is 5.67. The summed E-state index contributed by atoms with van der Waals surface area (Å²) in [6.07, 6.45) is 1.76. The Kier molecular flexibility index (Phi) is 10.1. The molecule has 1 aromatic heterocycles. The first kappa shape index (κ1) is 31.8. The van der Waals surface area contributed by atoms with Crippen LogP contribution in [0, 0.1) is 26.7 Å². The van der Waals surface area contributed by atoms with Crippen LogP contribution in [0.2, 0.25) is 5.02 Å². The first-order valence-corrected chi connectivity index (χ1v) is 15.7.